The van der Waals surface area contributed by atoms with Crippen LogP contribution in [0.3, 0.4) is 0 Å². The molecule has 0 aromatic carbocycles. The van der Waals surface area contributed by atoms with Gasteiger partial charge in [-0.2, -0.15) is 0 Å². The van der Waals surface area contributed by atoms with Crippen LogP contribution in [-0.2, 0) is 11.2 Å². The lowest BCUT2D eigenvalue weighted by Crippen LogP contribution is -2.23. The van der Waals surface area contributed by atoms with Crippen LogP contribution < -0.4 is 5.32 Å². The van der Waals surface area contributed by atoms with Gasteiger partial charge in [0, 0.05) is 18.9 Å². The number of pyridine rings is 1. The molecule has 0 fully saturated rings. The summed E-state index contributed by atoms with van der Waals surface area (Å²) in [5.41, 5.74) is 1.18. The van der Waals surface area contributed by atoms with E-state index in [0.29, 0.717) is 6.54 Å². The SMILES string of the molecule is CC=CC(=O)NCCc1ccncc1. The zero-order valence-corrected chi connectivity index (χ0v) is 8.23. The minimum absolute atomic E-state index is 0.0402. The van der Waals surface area contributed by atoms with Crippen molar-refractivity contribution in [1.29, 1.82) is 0 Å². The van der Waals surface area contributed by atoms with Crippen LogP contribution in [0, 0.1) is 0 Å². The first kappa shape index (κ1) is 10.4. The summed E-state index contributed by atoms with van der Waals surface area (Å²) in [6.07, 6.45) is 7.59. The Morgan fingerprint density at radius 3 is 2.86 bits per heavy atom. The molecule has 1 heterocycles. The van der Waals surface area contributed by atoms with Gasteiger partial charge < -0.3 is 5.32 Å². The maximum absolute atomic E-state index is 11.0. The van der Waals surface area contributed by atoms with Crippen molar-refractivity contribution in [3.8, 4) is 0 Å². The van der Waals surface area contributed by atoms with Crippen molar-refractivity contribution in [1.82, 2.24) is 10.3 Å². The van der Waals surface area contributed by atoms with Gasteiger partial charge in [-0.15, -0.1) is 0 Å². The number of nitrogens with zero attached hydrogens (tertiary/aromatic N) is 1. The molecule has 74 valence electrons. The Bertz CT molecular complexity index is 306. The van der Waals surface area contributed by atoms with Gasteiger partial charge in [-0.25, -0.2) is 0 Å². The van der Waals surface area contributed by atoms with Gasteiger partial charge >= 0.3 is 0 Å². The number of carbonyl (C=O) groups excluding carboxylic acids is 1. The van der Waals surface area contributed by atoms with Gasteiger partial charge in [-0.3, -0.25) is 9.78 Å². The van der Waals surface area contributed by atoms with Gasteiger partial charge in [0.1, 0.15) is 0 Å². The average Bonchev–Trinajstić information content (AvgIpc) is 2.20. The highest BCUT2D eigenvalue weighted by atomic mass is 16.1. The Balaban J connectivity index is 2.25. The van der Waals surface area contributed by atoms with E-state index in [1.807, 2.05) is 19.1 Å². The minimum Gasteiger partial charge on any atom is -0.352 e. The summed E-state index contributed by atoms with van der Waals surface area (Å²) in [7, 11) is 0. The molecule has 1 aromatic heterocycles. The van der Waals surface area contributed by atoms with Crippen LogP contribution in [-0.4, -0.2) is 17.4 Å². The van der Waals surface area contributed by atoms with Crippen LogP contribution in [0.25, 0.3) is 0 Å². The molecule has 3 heteroatoms. The molecule has 3 nitrogen and oxygen atoms in total. The molecule has 0 spiro atoms. The second-order valence-electron chi connectivity index (χ2n) is 2.90. The average molecular weight is 190 g/mol. The quantitative estimate of drug-likeness (QED) is 0.727. The number of rotatable bonds is 4. The Morgan fingerprint density at radius 2 is 2.21 bits per heavy atom. The lowest BCUT2D eigenvalue weighted by atomic mass is 10.2. The zero-order valence-electron chi connectivity index (χ0n) is 8.23. The van der Waals surface area contributed by atoms with Crippen molar-refractivity contribution in [2.24, 2.45) is 0 Å². The predicted molar refractivity (Wildman–Crippen MR) is 55.8 cm³/mol. The van der Waals surface area contributed by atoms with Crippen molar-refractivity contribution < 1.29 is 4.79 Å². The molecule has 0 unspecified atom stereocenters. The van der Waals surface area contributed by atoms with E-state index in [2.05, 4.69) is 10.3 Å². The second kappa shape index (κ2) is 5.91. The third kappa shape index (κ3) is 3.85. The monoisotopic (exact) mass is 190 g/mol. The second-order valence-corrected chi connectivity index (χ2v) is 2.90. The Labute approximate surface area is 83.9 Å². The molecule has 1 rings (SSSR count). The molecule has 0 atom stereocenters. The fourth-order valence-corrected chi connectivity index (χ4v) is 1.09. The Hall–Kier alpha value is -1.64. The minimum atomic E-state index is -0.0402. The first-order valence-electron chi connectivity index (χ1n) is 4.62. The fraction of sp³-hybridized carbons (Fsp3) is 0.273. The van der Waals surface area contributed by atoms with E-state index >= 15 is 0 Å². The van der Waals surface area contributed by atoms with Gasteiger partial charge in [0.25, 0.3) is 0 Å². The van der Waals surface area contributed by atoms with E-state index in [1.165, 1.54) is 11.6 Å². The summed E-state index contributed by atoms with van der Waals surface area (Å²) in [5, 5.41) is 2.79. The summed E-state index contributed by atoms with van der Waals surface area (Å²) in [5.74, 6) is -0.0402. The molecular formula is C11H14N2O. The maximum Gasteiger partial charge on any atom is 0.243 e. The Morgan fingerprint density at radius 1 is 1.50 bits per heavy atom. The molecule has 0 aliphatic heterocycles. The molecule has 0 aliphatic carbocycles. The summed E-state index contributed by atoms with van der Waals surface area (Å²) >= 11 is 0. The number of hydrogen-bond acceptors (Lipinski definition) is 2. The lowest BCUT2D eigenvalue weighted by molar-refractivity contribution is -0.116. The Kier molecular flexibility index (Phi) is 4.41. The number of aromatic nitrogens is 1. The largest absolute Gasteiger partial charge is 0.352 e. The van der Waals surface area contributed by atoms with E-state index < -0.39 is 0 Å². The first-order valence-corrected chi connectivity index (χ1v) is 4.62. The molecule has 0 radical (unpaired) electrons. The number of allylic oxidation sites excluding steroid dienone is 1. The molecule has 0 bridgehead atoms. The molecule has 0 saturated carbocycles. The maximum atomic E-state index is 11.0. The lowest BCUT2D eigenvalue weighted by Gasteiger charge is -2.01. The van der Waals surface area contributed by atoms with Gasteiger partial charge in [0.2, 0.25) is 5.91 Å². The third-order valence-electron chi connectivity index (χ3n) is 1.78. The van der Waals surface area contributed by atoms with Crippen LogP contribution in [0.2, 0.25) is 0 Å². The van der Waals surface area contributed by atoms with Crippen LogP contribution in [0.5, 0.6) is 0 Å². The molecular weight excluding hydrogens is 176 g/mol. The molecule has 1 N–H and O–H groups in total. The fourth-order valence-electron chi connectivity index (χ4n) is 1.09. The van der Waals surface area contributed by atoms with Crippen molar-refractivity contribution in [2.45, 2.75) is 13.3 Å². The summed E-state index contributed by atoms with van der Waals surface area (Å²) in [6.45, 7) is 2.48. The highest BCUT2D eigenvalue weighted by Crippen LogP contribution is 1.95. The third-order valence-corrected chi connectivity index (χ3v) is 1.78. The first-order chi connectivity index (χ1) is 6.83. The standard InChI is InChI=1S/C11H14N2O/c1-2-3-11(14)13-9-6-10-4-7-12-8-5-10/h2-5,7-8H,6,9H2,1H3,(H,13,14). The highest BCUT2D eigenvalue weighted by molar-refractivity contribution is 5.87. The van der Waals surface area contributed by atoms with Crippen molar-refractivity contribution in [3.63, 3.8) is 0 Å². The summed E-state index contributed by atoms with van der Waals surface area (Å²) in [4.78, 5) is 14.9. The smallest absolute Gasteiger partial charge is 0.243 e. The van der Waals surface area contributed by atoms with Gasteiger partial charge in [-0.1, -0.05) is 6.08 Å². The van der Waals surface area contributed by atoms with E-state index in [4.69, 9.17) is 0 Å². The van der Waals surface area contributed by atoms with Gasteiger partial charge in [0.05, 0.1) is 0 Å². The summed E-state index contributed by atoms with van der Waals surface area (Å²) in [6, 6.07) is 3.89. The van der Waals surface area contributed by atoms with Crippen LogP contribution in [0.15, 0.2) is 36.7 Å². The van der Waals surface area contributed by atoms with Crippen molar-refractivity contribution in [3.05, 3.63) is 42.2 Å². The highest BCUT2D eigenvalue weighted by Gasteiger charge is 1.94. The number of carbonyl (C=O) groups is 1. The van der Waals surface area contributed by atoms with E-state index in [-0.39, 0.29) is 5.91 Å². The number of hydrogen-bond donors (Lipinski definition) is 1. The van der Waals surface area contributed by atoms with E-state index in [0.717, 1.165) is 6.42 Å². The van der Waals surface area contributed by atoms with Crippen LogP contribution >= 0.6 is 0 Å². The van der Waals surface area contributed by atoms with Gasteiger partial charge in [0.15, 0.2) is 0 Å². The van der Waals surface area contributed by atoms with Crippen LogP contribution in [0.4, 0.5) is 0 Å². The van der Waals surface area contributed by atoms with Crippen molar-refractivity contribution >= 4 is 5.91 Å². The predicted octanol–water partition coefficient (Wildman–Crippen LogP) is 1.32. The molecule has 1 aromatic rings. The molecule has 0 saturated heterocycles. The molecule has 1 amide bonds. The molecule has 14 heavy (non-hydrogen) atoms. The zero-order chi connectivity index (χ0) is 10.2. The number of amides is 1. The summed E-state index contributed by atoms with van der Waals surface area (Å²) < 4.78 is 0. The van der Waals surface area contributed by atoms with E-state index in [9.17, 15) is 4.79 Å². The van der Waals surface area contributed by atoms with Crippen LogP contribution in [0.1, 0.15) is 12.5 Å². The number of nitrogens with one attached hydrogen (secondary N) is 1. The molecule has 0 aliphatic rings. The normalized spacial score (nSPS) is 10.4. The van der Waals surface area contributed by atoms with E-state index in [1.54, 1.807) is 18.5 Å². The topological polar surface area (TPSA) is 42.0 Å². The van der Waals surface area contributed by atoms with Crippen molar-refractivity contribution in [2.75, 3.05) is 6.54 Å². The van der Waals surface area contributed by atoms with Gasteiger partial charge in [-0.05, 0) is 37.1 Å².